The van der Waals surface area contributed by atoms with Crippen LogP contribution < -0.4 is 4.18 Å². The molecule has 0 spiro atoms. The van der Waals surface area contributed by atoms with Crippen molar-refractivity contribution < 1.29 is 25.6 Å². The third-order valence-corrected chi connectivity index (χ3v) is 15.7. The number of hydrogen-bond donors (Lipinski definition) is 0. The van der Waals surface area contributed by atoms with Crippen molar-refractivity contribution in [3.05, 3.63) is 52.1 Å². The second-order valence-electron chi connectivity index (χ2n) is 16.3. The van der Waals surface area contributed by atoms with Crippen molar-refractivity contribution in [1.29, 1.82) is 0 Å². The zero-order chi connectivity index (χ0) is 31.5. The van der Waals surface area contributed by atoms with E-state index in [0.29, 0.717) is 40.0 Å². The Morgan fingerprint density at radius 1 is 0.800 bits per heavy atom. The lowest BCUT2D eigenvalue weighted by Crippen LogP contribution is -2.28. The first kappa shape index (κ1) is 30.4. The predicted molar refractivity (Wildman–Crippen MR) is 172 cm³/mol. The van der Waals surface area contributed by atoms with E-state index >= 15 is 0 Å². The molecule has 6 aliphatic carbocycles. The standard InChI is InChI=1S/C37H48O6S2/c1-21(2)29-19-34(22(3)12-35(29)44(38,39)40)43-45(41,42)36-32(31-16-25-5-7-27(31)14-25)17-28(30-15-24-4-6-26(30)13-24)18-33(36)37-10-8-23(20-37)9-11-37/h12,17-19,21,23-27,30-31H,4-11,13-16,20H2,1-3H3,(H,38,39,40)/p-1. The van der Waals surface area contributed by atoms with Gasteiger partial charge < -0.3 is 8.74 Å². The topological polar surface area (TPSA) is 101 Å². The van der Waals surface area contributed by atoms with Crippen LogP contribution in [0.5, 0.6) is 5.75 Å². The van der Waals surface area contributed by atoms with Gasteiger partial charge in [0.2, 0.25) is 0 Å². The summed E-state index contributed by atoms with van der Waals surface area (Å²) in [6.07, 6.45) is 15.2. The highest BCUT2D eigenvalue weighted by Crippen LogP contribution is 2.61. The maximum absolute atomic E-state index is 14.9. The number of aryl methyl sites for hydroxylation is 1. The van der Waals surface area contributed by atoms with Gasteiger partial charge in [-0.2, -0.15) is 8.42 Å². The van der Waals surface area contributed by atoms with Gasteiger partial charge in [0.25, 0.3) is 0 Å². The molecule has 45 heavy (non-hydrogen) atoms. The summed E-state index contributed by atoms with van der Waals surface area (Å²) in [5.41, 5.74) is 3.88. The van der Waals surface area contributed by atoms with Crippen molar-refractivity contribution in [3.8, 4) is 5.75 Å². The summed E-state index contributed by atoms with van der Waals surface area (Å²) >= 11 is 0. The molecular weight excluding hydrogens is 605 g/mol. The summed E-state index contributed by atoms with van der Waals surface area (Å²) in [4.78, 5) is 0.112. The number of hydrogen-bond acceptors (Lipinski definition) is 6. The normalized spacial score (nSPS) is 35.3. The Hall–Kier alpha value is -1.90. The molecule has 6 nitrogen and oxygen atoms in total. The molecule has 6 aliphatic rings. The first-order chi connectivity index (χ1) is 21.3. The molecular formula is C37H47O6S2-. The Bertz CT molecular complexity index is 1750. The molecule has 0 heterocycles. The van der Waals surface area contributed by atoms with E-state index in [2.05, 4.69) is 12.1 Å². The Kier molecular flexibility index (Phi) is 7.14. The maximum Gasteiger partial charge on any atom is 0.339 e. The lowest BCUT2D eigenvalue weighted by Gasteiger charge is -2.35. The molecule has 2 aromatic carbocycles. The maximum atomic E-state index is 14.9. The van der Waals surface area contributed by atoms with Gasteiger partial charge in [-0.1, -0.05) is 38.8 Å². The summed E-state index contributed by atoms with van der Waals surface area (Å²) < 4.78 is 72.3. The van der Waals surface area contributed by atoms with Crippen molar-refractivity contribution in [3.63, 3.8) is 0 Å². The molecule has 0 N–H and O–H groups in total. The minimum absolute atomic E-state index is 0.112. The van der Waals surface area contributed by atoms with Crippen molar-refractivity contribution in [2.24, 2.45) is 29.6 Å². The highest BCUT2D eigenvalue weighted by atomic mass is 32.2. The van der Waals surface area contributed by atoms with Gasteiger partial charge >= 0.3 is 10.1 Å². The smallest absolute Gasteiger partial charge is 0.339 e. The highest BCUT2D eigenvalue weighted by molar-refractivity contribution is 7.87. The molecule has 244 valence electrons. The summed E-state index contributed by atoms with van der Waals surface area (Å²) in [6, 6.07) is 7.40. The van der Waals surface area contributed by atoms with Gasteiger partial charge in [-0.15, -0.1) is 0 Å². The van der Waals surface area contributed by atoms with Crippen LogP contribution in [-0.4, -0.2) is 21.4 Å². The molecule has 0 saturated heterocycles. The molecule has 6 bridgehead atoms. The van der Waals surface area contributed by atoms with E-state index in [9.17, 15) is 21.4 Å². The molecule has 8 rings (SSSR count). The van der Waals surface area contributed by atoms with Gasteiger partial charge in [-0.3, -0.25) is 0 Å². The summed E-state index contributed by atoms with van der Waals surface area (Å²) in [5, 5.41) is 0. The van der Waals surface area contributed by atoms with E-state index < -0.39 is 20.2 Å². The number of fused-ring (bicyclic) bond motifs is 6. The van der Waals surface area contributed by atoms with Crippen LogP contribution in [0.4, 0.5) is 0 Å². The SMILES string of the molecule is Cc1cc(S(=O)(=O)[O-])c(C(C)C)cc1OS(=O)(=O)c1c(C2CC3CCC2C3)cc(C2CC3CCC2C3)cc1C12CCC(CC1)C2. The van der Waals surface area contributed by atoms with Crippen LogP contribution in [-0.2, 0) is 25.7 Å². The highest BCUT2D eigenvalue weighted by Gasteiger charge is 2.51. The van der Waals surface area contributed by atoms with Gasteiger partial charge in [0.1, 0.15) is 20.8 Å². The fourth-order valence-corrected chi connectivity index (χ4v) is 13.7. The van der Waals surface area contributed by atoms with E-state index in [0.717, 1.165) is 55.6 Å². The minimum atomic E-state index is -4.73. The van der Waals surface area contributed by atoms with Crippen LogP contribution >= 0.6 is 0 Å². The van der Waals surface area contributed by atoms with Crippen molar-refractivity contribution in [2.45, 2.75) is 137 Å². The molecule has 8 heteroatoms. The molecule has 0 aromatic heterocycles. The molecule has 6 saturated carbocycles. The molecule has 0 amide bonds. The predicted octanol–water partition coefficient (Wildman–Crippen LogP) is 8.43. The minimum Gasteiger partial charge on any atom is -0.744 e. The largest absolute Gasteiger partial charge is 0.744 e. The van der Waals surface area contributed by atoms with Gasteiger partial charge in [0, 0.05) is 0 Å². The zero-order valence-electron chi connectivity index (χ0n) is 26.9. The molecule has 2 aromatic rings. The van der Waals surface area contributed by atoms with Crippen LogP contribution in [0.15, 0.2) is 34.1 Å². The van der Waals surface area contributed by atoms with Gasteiger partial charge in [0.15, 0.2) is 0 Å². The lowest BCUT2D eigenvalue weighted by molar-refractivity contribution is 0.387. The van der Waals surface area contributed by atoms with Crippen LogP contribution in [0.25, 0.3) is 0 Å². The Morgan fingerprint density at radius 2 is 1.44 bits per heavy atom. The Labute approximate surface area is 269 Å². The second-order valence-corrected chi connectivity index (χ2v) is 19.1. The summed E-state index contributed by atoms with van der Waals surface area (Å²) in [5.74, 6) is 3.92. The van der Waals surface area contributed by atoms with E-state index in [-0.39, 0.29) is 33.5 Å². The van der Waals surface area contributed by atoms with E-state index in [4.69, 9.17) is 4.18 Å². The summed E-state index contributed by atoms with van der Waals surface area (Å²) in [7, 11) is -9.02. The first-order valence-corrected chi connectivity index (χ1v) is 20.4. The molecule has 6 atom stereocenters. The second kappa shape index (κ2) is 10.6. The average molecular weight is 652 g/mol. The fourth-order valence-electron chi connectivity index (χ4n) is 11.3. The summed E-state index contributed by atoms with van der Waals surface area (Å²) in [6.45, 7) is 5.22. The average Bonchev–Trinajstić information content (AvgIpc) is 3.85. The third kappa shape index (κ3) is 5.02. The van der Waals surface area contributed by atoms with Gasteiger partial charge in [-0.05, 0) is 170 Å². The van der Waals surface area contributed by atoms with E-state index in [1.165, 1.54) is 62.6 Å². The van der Waals surface area contributed by atoms with E-state index in [1.54, 1.807) is 20.8 Å². The zero-order valence-corrected chi connectivity index (χ0v) is 28.5. The fraction of sp³-hybridized carbons (Fsp3) is 0.676. The van der Waals surface area contributed by atoms with Crippen molar-refractivity contribution in [2.75, 3.05) is 0 Å². The Morgan fingerprint density at radius 3 is 1.96 bits per heavy atom. The lowest BCUT2D eigenvalue weighted by atomic mass is 9.72. The van der Waals surface area contributed by atoms with Crippen LogP contribution in [0.2, 0.25) is 0 Å². The van der Waals surface area contributed by atoms with Crippen LogP contribution in [0, 0.1) is 36.5 Å². The van der Waals surface area contributed by atoms with Crippen LogP contribution in [0.3, 0.4) is 0 Å². The molecule has 6 unspecified atom stereocenters. The number of benzene rings is 2. The Balaban J connectivity index is 1.31. The molecule has 0 aliphatic heterocycles. The van der Waals surface area contributed by atoms with Crippen molar-refractivity contribution >= 4 is 20.2 Å². The third-order valence-electron chi connectivity index (χ3n) is 13.4. The molecule has 6 fully saturated rings. The quantitative estimate of drug-likeness (QED) is 0.210. The number of rotatable bonds is 8. The van der Waals surface area contributed by atoms with Gasteiger partial charge in [0.05, 0.1) is 4.90 Å². The molecule has 0 radical (unpaired) electrons. The van der Waals surface area contributed by atoms with Crippen LogP contribution in [0.1, 0.15) is 143 Å². The monoisotopic (exact) mass is 651 g/mol. The van der Waals surface area contributed by atoms with Gasteiger partial charge in [-0.25, -0.2) is 8.42 Å². The van der Waals surface area contributed by atoms with Crippen molar-refractivity contribution in [1.82, 2.24) is 0 Å². The first-order valence-electron chi connectivity index (χ1n) is 17.5. The van der Waals surface area contributed by atoms with E-state index in [1.807, 2.05) is 0 Å².